The Morgan fingerprint density at radius 3 is 1.74 bits per heavy atom. The minimum Gasteiger partial charge on any atom is -0.382 e. The molecule has 0 aliphatic heterocycles. The van der Waals surface area contributed by atoms with Crippen LogP contribution in [0.5, 0.6) is 0 Å². The lowest BCUT2D eigenvalue weighted by Crippen LogP contribution is -2.69. The molecule has 0 bridgehead atoms. The third-order valence-electron chi connectivity index (χ3n) is 13.3. The van der Waals surface area contributed by atoms with Crippen LogP contribution in [-0.4, -0.2) is 16.5 Å². The monoisotopic (exact) mass is 428 g/mol. The van der Waals surface area contributed by atoms with Crippen LogP contribution in [0.25, 0.3) is 0 Å². The van der Waals surface area contributed by atoms with E-state index in [1.807, 2.05) is 6.92 Å². The molecule has 0 aromatic rings. The van der Waals surface area contributed by atoms with Gasteiger partial charge in [0.1, 0.15) is 5.60 Å². The molecule has 5 rings (SSSR count). The third kappa shape index (κ3) is 2.58. The van der Waals surface area contributed by atoms with Gasteiger partial charge in [0.15, 0.2) is 5.78 Å². The molecule has 5 aliphatic rings. The van der Waals surface area contributed by atoms with Crippen molar-refractivity contribution in [2.45, 2.75) is 125 Å². The van der Waals surface area contributed by atoms with Crippen LogP contribution in [-0.2, 0) is 4.79 Å². The number of rotatable bonds is 0. The average Bonchev–Trinajstić information content (AvgIpc) is 2.65. The van der Waals surface area contributed by atoms with Gasteiger partial charge >= 0.3 is 0 Å². The first-order chi connectivity index (χ1) is 14.2. The molecule has 176 valence electrons. The molecular weight excluding hydrogens is 380 g/mol. The average molecular weight is 429 g/mol. The standard InChI is InChI=1S/C29H48O2/c1-24(2)14-8-15-25(3)19(24)11-17-27(5)20(25)9-10-21-26(4)16-13-23(30)29(7,31)22(26)12-18-28(21,27)6/h19-22,31H,8-18H2,1-7H3/t19-,20-,21-,22-,25+,26-,27-,28-,29+/m1/s1. The van der Waals surface area contributed by atoms with Crippen LogP contribution in [0.4, 0.5) is 0 Å². The van der Waals surface area contributed by atoms with Crippen LogP contribution in [0, 0.1) is 50.7 Å². The number of carbonyl (C=O) groups excluding carboxylic acids is 1. The second-order valence-electron chi connectivity index (χ2n) is 14.6. The Hall–Kier alpha value is -0.370. The Bertz CT molecular complexity index is 782. The van der Waals surface area contributed by atoms with Gasteiger partial charge < -0.3 is 5.11 Å². The SMILES string of the molecule is CC1(C)CCC[C@@]2(C)[C@@H]1CC[C@]1(C)[C@@H]2CC[C@@H]2[C@@]3(C)CCC(=O)[C@@](C)(O)[C@@H]3CC[C@]21C. The highest BCUT2D eigenvalue weighted by Crippen LogP contribution is 2.77. The fourth-order valence-electron chi connectivity index (χ4n) is 11.7. The van der Waals surface area contributed by atoms with Crippen LogP contribution in [0.15, 0.2) is 0 Å². The van der Waals surface area contributed by atoms with Gasteiger partial charge in [-0.1, -0.05) is 48.0 Å². The van der Waals surface area contributed by atoms with Crippen molar-refractivity contribution < 1.29 is 9.90 Å². The van der Waals surface area contributed by atoms with Crippen LogP contribution in [0.1, 0.15) is 119 Å². The Kier molecular flexibility index (Phi) is 4.63. The number of Topliss-reactive ketones (excluding diaryl/α,β-unsaturated/α-hetero) is 1. The normalized spacial score (nSPS) is 58.5. The molecule has 0 amide bonds. The zero-order valence-electron chi connectivity index (χ0n) is 21.4. The van der Waals surface area contributed by atoms with Crippen molar-refractivity contribution in [2.24, 2.45) is 50.7 Å². The predicted molar refractivity (Wildman–Crippen MR) is 127 cm³/mol. The van der Waals surface area contributed by atoms with Gasteiger partial charge in [0.05, 0.1) is 0 Å². The van der Waals surface area contributed by atoms with Crippen molar-refractivity contribution in [3.05, 3.63) is 0 Å². The quantitative estimate of drug-likeness (QED) is 0.443. The first-order valence-corrected chi connectivity index (χ1v) is 13.5. The van der Waals surface area contributed by atoms with Crippen molar-refractivity contribution in [3.63, 3.8) is 0 Å². The molecule has 0 unspecified atom stereocenters. The topological polar surface area (TPSA) is 37.3 Å². The molecule has 0 aromatic heterocycles. The Morgan fingerprint density at radius 1 is 0.645 bits per heavy atom. The number of fused-ring (bicyclic) bond motifs is 7. The lowest BCUT2D eigenvalue weighted by molar-refractivity contribution is -0.259. The largest absolute Gasteiger partial charge is 0.382 e. The van der Waals surface area contributed by atoms with E-state index < -0.39 is 5.60 Å². The first kappa shape index (κ1) is 22.4. The molecule has 31 heavy (non-hydrogen) atoms. The van der Waals surface area contributed by atoms with E-state index in [1.165, 1.54) is 51.4 Å². The van der Waals surface area contributed by atoms with Gasteiger partial charge in [0.2, 0.25) is 0 Å². The lowest BCUT2D eigenvalue weighted by Gasteiger charge is -2.74. The van der Waals surface area contributed by atoms with E-state index >= 15 is 0 Å². The van der Waals surface area contributed by atoms with E-state index in [-0.39, 0.29) is 17.1 Å². The van der Waals surface area contributed by atoms with Gasteiger partial charge in [-0.3, -0.25) is 4.79 Å². The number of ketones is 1. The molecular formula is C29H48O2. The zero-order chi connectivity index (χ0) is 22.7. The summed E-state index contributed by atoms with van der Waals surface area (Å²) < 4.78 is 0. The van der Waals surface area contributed by atoms with Gasteiger partial charge in [-0.25, -0.2) is 0 Å². The molecule has 2 nitrogen and oxygen atoms in total. The molecule has 9 atom stereocenters. The minimum absolute atomic E-state index is 0.0935. The predicted octanol–water partition coefficient (Wildman–Crippen LogP) is 7.18. The van der Waals surface area contributed by atoms with Crippen LogP contribution >= 0.6 is 0 Å². The highest BCUT2D eigenvalue weighted by Gasteiger charge is 2.71. The highest BCUT2D eigenvalue weighted by molar-refractivity contribution is 5.88. The maximum absolute atomic E-state index is 12.7. The zero-order valence-corrected chi connectivity index (χ0v) is 21.4. The molecule has 0 aromatic carbocycles. The Labute approximate surface area is 191 Å². The molecule has 0 spiro atoms. The van der Waals surface area contributed by atoms with Gasteiger partial charge in [0.25, 0.3) is 0 Å². The van der Waals surface area contributed by atoms with Crippen LogP contribution < -0.4 is 0 Å². The summed E-state index contributed by atoms with van der Waals surface area (Å²) in [5.74, 6) is 2.56. The number of hydrogen-bond donors (Lipinski definition) is 1. The summed E-state index contributed by atoms with van der Waals surface area (Å²) in [7, 11) is 0. The van der Waals surface area contributed by atoms with Crippen molar-refractivity contribution in [3.8, 4) is 0 Å². The summed E-state index contributed by atoms with van der Waals surface area (Å²) >= 11 is 0. The maximum Gasteiger partial charge on any atom is 0.164 e. The summed E-state index contributed by atoms with van der Waals surface area (Å²) in [4.78, 5) is 12.7. The lowest BCUT2D eigenvalue weighted by atomic mass is 9.31. The summed E-state index contributed by atoms with van der Waals surface area (Å²) in [6.07, 6.45) is 13.4. The number of carbonyl (C=O) groups is 1. The number of aliphatic hydroxyl groups is 1. The maximum atomic E-state index is 12.7. The van der Waals surface area contributed by atoms with Crippen LogP contribution in [0.2, 0.25) is 0 Å². The molecule has 0 radical (unpaired) electrons. The van der Waals surface area contributed by atoms with Gasteiger partial charge in [0, 0.05) is 12.3 Å². The van der Waals surface area contributed by atoms with Crippen molar-refractivity contribution in [1.29, 1.82) is 0 Å². The van der Waals surface area contributed by atoms with Gasteiger partial charge in [-0.2, -0.15) is 0 Å². The minimum atomic E-state index is -1.12. The second kappa shape index (κ2) is 6.39. The summed E-state index contributed by atoms with van der Waals surface area (Å²) in [6, 6.07) is 0. The van der Waals surface area contributed by atoms with Crippen LogP contribution in [0.3, 0.4) is 0 Å². The molecule has 5 saturated carbocycles. The van der Waals surface area contributed by atoms with Crippen molar-refractivity contribution in [2.75, 3.05) is 0 Å². The second-order valence-corrected chi connectivity index (χ2v) is 14.6. The highest BCUT2D eigenvalue weighted by atomic mass is 16.3. The molecule has 5 fully saturated rings. The fourth-order valence-corrected chi connectivity index (χ4v) is 11.7. The molecule has 2 heteroatoms. The van der Waals surface area contributed by atoms with Crippen molar-refractivity contribution >= 4 is 5.78 Å². The Balaban J connectivity index is 1.55. The molecule has 1 N–H and O–H groups in total. The molecule has 0 heterocycles. The van der Waals surface area contributed by atoms with Crippen molar-refractivity contribution in [1.82, 2.24) is 0 Å². The fraction of sp³-hybridized carbons (Fsp3) is 0.966. The Morgan fingerprint density at radius 2 is 1.16 bits per heavy atom. The van der Waals surface area contributed by atoms with E-state index in [2.05, 4.69) is 41.5 Å². The van der Waals surface area contributed by atoms with E-state index in [0.717, 1.165) is 24.7 Å². The van der Waals surface area contributed by atoms with E-state index in [4.69, 9.17) is 0 Å². The molecule has 5 aliphatic carbocycles. The smallest absolute Gasteiger partial charge is 0.164 e. The summed E-state index contributed by atoms with van der Waals surface area (Å²) in [5.41, 5.74) is 0.654. The number of hydrogen-bond acceptors (Lipinski definition) is 2. The third-order valence-corrected chi connectivity index (χ3v) is 13.3. The summed E-state index contributed by atoms with van der Waals surface area (Å²) in [6.45, 7) is 17.4. The molecule has 0 saturated heterocycles. The van der Waals surface area contributed by atoms with E-state index in [9.17, 15) is 9.90 Å². The van der Waals surface area contributed by atoms with Gasteiger partial charge in [-0.05, 0) is 110 Å². The summed E-state index contributed by atoms with van der Waals surface area (Å²) in [5, 5.41) is 11.3. The van der Waals surface area contributed by atoms with E-state index in [1.54, 1.807) is 0 Å². The first-order valence-electron chi connectivity index (χ1n) is 13.5. The van der Waals surface area contributed by atoms with Gasteiger partial charge in [-0.15, -0.1) is 0 Å². The van der Waals surface area contributed by atoms with E-state index in [0.29, 0.717) is 34.0 Å².